The lowest BCUT2D eigenvalue weighted by Gasteiger charge is -2.05. The molecular weight excluding hydrogens is 330 g/mol. The summed E-state index contributed by atoms with van der Waals surface area (Å²) >= 11 is 1.23. The van der Waals surface area contributed by atoms with Gasteiger partial charge in [-0.2, -0.15) is 0 Å². The van der Waals surface area contributed by atoms with Crippen molar-refractivity contribution in [2.75, 3.05) is 5.32 Å². The third kappa shape index (κ3) is 3.33. The van der Waals surface area contributed by atoms with Gasteiger partial charge in [-0.3, -0.25) is 10.1 Å². The zero-order valence-corrected chi connectivity index (χ0v) is 13.9. The first kappa shape index (κ1) is 16.3. The maximum atomic E-state index is 13.3. The molecule has 0 fully saturated rings. The molecule has 1 aromatic heterocycles. The van der Waals surface area contributed by atoms with Crippen molar-refractivity contribution in [2.24, 2.45) is 0 Å². The Morgan fingerprint density at radius 1 is 1.04 bits per heavy atom. The van der Waals surface area contributed by atoms with Crippen molar-refractivity contribution < 1.29 is 13.6 Å². The highest BCUT2D eigenvalue weighted by atomic mass is 32.1. The van der Waals surface area contributed by atoms with Crippen LogP contribution in [-0.2, 0) is 0 Å². The van der Waals surface area contributed by atoms with Gasteiger partial charge in [-0.25, -0.2) is 13.8 Å². The molecule has 0 saturated heterocycles. The Hall–Kier alpha value is -2.60. The highest BCUT2D eigenvalue weighted by Crippen LogP contribution is 2.26. The van der Waals surface area contributed by atoms with Crippen molar-refractivity contribution in [2.45, 2.75) is 13.8 Å². The van der Waals surface area contributed by atoms with Gasteiger partial charge in [0.25, 0.3) is 5.91 Å². The second-order valence-corrected chi connectivity index (χ2v) is 6.28. The van der Waals surface area contributed by atoms with Crippen LogP contribution in [0.2, 0.25) is 0 Å². The molecule has 0 atom stereocenters. The lowest BCUT2D eigenvalue weighted by molar-refractivity contribution is 0.102. The van der Waals surface area contributed by atoms with E-state index in [0.717, 1.165) is 23.3 Å². The predicted octanol–water partition coefficient (Wildman–Crippen LogP) is 4.96. The van der Waals surface area contributed by atoms with Gasteiger partial charge in [-0.15, -0.1) is 11.3 Å². The van der Waals surface area contributed by atoms with E-state index in [1.165, 1.54) is 17.4 Å². The summed E-state index contributed by atoms with van der Waals surface area (Å²) in [5.74, 6) is -2.09. The lowest BCUT2D eigenvalue weighted by atomic mass is 10.1. The number of halogens is 2. The first-order valence-electron chi connectivity index (χ1n) is 7.23. The van der Waals surface area contributed by atoms with E-state index in [4.69, 9.17) is 0 Å². The van der Waals surface area contributed by atoms with Crippen LogP contribution in [0.5, 0.6) is 0 Å². The van der Waals surface area contributed by atoms with Crippen LogP contribution in [0.15, 0.2) is 41.8 Å². The van der Waals surface area contributed by atoms with Gasteiger partial charge in [0.2, 0.25) is 0 Å². The quantitative estimate of drug-likeness (QED) is 0.730. The van der Waals surface area contributed by atoms with Crippen molar-refractivity contribution in [3.63, 3.8) is 0 Å². The number of benzene rings is 2. The number of carbonyl (C=O) groups excluding carboxylic acids is 1. The Bertz CT molecular complexity index is 921. The third-order valence-electron chi connectivity index (χ3n) is 3.71. The van der Waals surface area contributed by atoms with Gasteiger partial charge in [-0.05, 0) is 55.3 Å². The van der Waals surface area contributed by atoms with Gasteiger partial charge in [0.15, 0.2) is 16.8 Å². The molecule has 3 rings (SSSR count). The van der Waals surface area contributed by atoms with E-state index < -0.39 is 11.6 Å². The molecule has 24 heavy (non-hydrogen) atoms. The zero-order valence-electron chi connectivity index (χ0n) is 13.1. The number of amides is 1. The van der Waals surface area contributed by atoms with Crippen LogP contribution in [0.25, 0.3) is 11.3 Å². The molecule has 0 aliphatic carbocycles. The van der Waals surface area contributed by atoms with Crippen LogP contribution >= 0.6 is 11.3 Å². The number of aromatic nitrogens is 1. The minimum atomic E-state index is -0.929. The standard InChI is InChI=1S/C18H14F2N2OS/c1-10-3-4-13(7-11(10)2)17(23)22-18-21-16(9-24-18)12-5-6-14(19)15(20)8-12/h3-9H,1-2H3,(H,21,22,23). The first-order chi connectivity index (χ1) is 11.4. The van der Waals surface area contributed by atoms with E-state index in [9.17, 15) is 13.6 Å². The number of carbonyl (C=O) groups is 1. The smallest absolute Gasteiger partial charge is 0.257 e. The predicted molar refractivity (Wildman–Crippen MR) is 91.3 cm³/mol. The number of anilines is 1. The summed E-state index contributed by atoms with van der Waals surface area (Å²) in [7, 11) is 0. The van der Waals surface area contributed by atoms with Crippen LogP contribution in [0.3, 0.4) is 0 Å². The number of nitrogens with zero attached hydrogens (tertiary/aromatic N) is 1. The fraction of sp³-hybridized carbons (Fsp3) is 0.111. The topological polar surface area (TPSA) is 42.0 Å². The molecule has 1 heterocycles. The van der Waals surface area contributed by atoms with Gasteiger partial charge < -0.3 is 0 Å². The molecule has 122 valence electrons. The molecule has 1 amide bonds. The molecule has 3 aromatic rings. The maximum Gasteiger partial charge on any atom is 0.257 e. The molecule has 0 aliphatic rings. The number of hydrogen-bond acceptors (Lipinski definition) is 3. The Labute approximate surface area is 142 Å². The van der Waals surface area contributed by atoms with Gasteiger partial charge in [0.1, 0.15) is 0 Å². The molecule has 0 aliphatic heterocycles. The van der Waals surface area contributed by atoms with E-state index in [0.29, 0.717) is 22.0 Å². The minimum Gasteiger partial charge on any atom is -0.298 e. The van der Waals surface area contributed by atoms with E-state index in [2.05, 4.69) is 10.3 Å². The van der Waals surface area contributed by atoms with Crippen LogP contribution in [0.1, 0.15) is 21.5 Å². The molecule has 3 nitrogen and oxygen atoms in total. The number of nitrogens with one attached hydrogen (secondary N) is 1. The van der Waals surface area contributed by atoms with Crippen molar-refractivity contribution in [1.29, 1.82) is 0 Å². The summed E-state index contributed by atoms with van der Waals surface area (Å²) in [6, 6.07) is 9.04. The molecular formula is C18H14F2N2OS. The van der Waals surface area contributed by atoms with Crippen molar-refractivity contribution >= 4 is 22.4 Å². The molecule has 0 bridgehead atoms. The van der Waals surface area contributed by atoms with Gasteiger partial charge in [0.05, 0.1) is 5.69 Å². The highest BCUT2D eigenvalue weighted by Gasteiger charge is 2.12. The van der Waals surface area contributed by atoms with Gasteiger partial charge in [0, 0.05) is 16.5 Å². The molecule has 0 radical (unpaired) electrons. The zero-order chi connectivity index (χ0) is 17.3. The number of thiazole rings is 1. The van der Waals surface area contributed by atoms with E-state index in [1.54, 1.807) is 11.4 Å². The highest BCUT2D eigenvalue weighted by molar-refractivity contribution is 7.14. The van der Waals surface area contributed by atoms with Crippen molar-refractivity contribution in [3.05, 3.63) is 70.1 Å². The fourth-order valence-electron chi connectivity index (χ4n) is 2.17. The number of aryl methyl sites for hydroxylation is 2. The molecule has 0 unspecified atom stereocenters. The average Bonchev–Trinajstić information content (AvgIpc) is 3.01. The SMILES string of the molecule is Cc1ccc(C(=O)Nc2nc(-c3ccc(F)c(F)c3)cs2)cc1C. The largest absolute Gasteiger partial charge is 0.298 e. The summed E-state index contributed by atoms with van der Waals surface area (Å²) < 4.78 is 26.3. The Morgan fingerprint density at radius 2 is 1.83 bits per heavy atom. The van der Waals surface area contributed by atoms with Crippen LogP contribution < -0.4 is 5.32 Å². The summed E-state index contributed by atoms with van der Waals surface area (Å²) in [4.78, 5) is 16.5. The summed E-state index contributed by atoms with van der Waals surface area (Å²) in [6.07, 6.45) is 0. The molecule has 1 N–H and O–H groups in total. The molecule has 2 aromatic carbocycles. The van der Waals surface area contributed by atoms with Crippen LogP contribution in [-0.4, -0.2) is 10.9 Å². The molecule has 0 spiro atoms. The van der Waals surface area contributed by atoms with Gasteiger partial charge in [-0.1, -0.05) is 6.07 Å². The Morgan fingerprint density at radius 3 is 2.54 bits per heavy atom. The van der Waals surface area contributed by atoms with Crippen LogP contribution in [0.4, 0.5) is 13.9 Å². The van der Waals surface area contributed by atoms with E-state index >= 15 is 0 Å². The summed E-state index contributed by atoms with van der Waals surface area (Å²) in [5, 5.41) is 4.81. The normalized spacial score (nSPS) is 10.7. The van der Waals surface area contributed by atoms with Crippen LogP contribution in [0, 0.1) is 25.5 Å². The Balaban J connectivity index is 1.79. The monoisotopic (exact) mass is 344 g/mol. The Kier molecular flexibility index (Phi) is 4.40. The molecule has 6 heteroatoms. The van der Waals surface area contributed by atoms with E-state index in [-0.39, 0.29) is 5.91 Å². The maximum absolute atomic E-state index is 13.3. The van der Waals surface area contributed by atoms with E-state index in [1.807, 2.05) is 26.0 Å². The second-order valence-electron chi connectivity index (χ2n) is 5.42. The van der Waals surface area contributed by atoms with Gasteiger partial charge >= 0.3 is 0 Å². The second kappa shape index (κ2) is 6.49. The van der Waals surface area contributed by atoms with Crippen molar-refractivity contribution in [1.82, 2.24) is 4.98 Å². The minimum absolute atomic E-state index is 0.260. The first-order valence-corrected chi connectivity index (χ1v) is 8.11. The summed E-state index contributed by atoms with van der Waals surface area (Å²) in [5.41, 5.74) is 3.62. The lowest BCUT2D eigenvalue weighted by Crippen LogP contribution is -2.12. The third-order valence-corrected chi connectivity index (χ3v) is 4.47. The molecule has 0 saturated carbocycles. The fourth-order valence-corrected chi connectivity index (χ4v) is 2.89. The van der Waals surface area contributed by atoms with Crippen molar-refractivity contribution in [3.8, 4) is 11.3 Å². The summed E-state index contributed by atoms with van der Waals surface area (Å²) in [6.45, 7) is 3.92. The number of rotatable bonds is 3. The number of hydrogen-bond donors (Lipinski definition) is 1. The average molecular weight is 344 g/mol.